The predicted molar refractivity (Wildman–Crippen MR) is 93.9 cm³/mol. The molecule has 0 aromatic heterocycles. The Hall–Kier alpha value is -1.30. The third-order valence-electron chi connectivity index (χ3n) is 4.86. The summed E-state index contributed by atoms with van der Waals surface area (Å²) in [6.45, 7) is 8.08. The van der Waals surface area contributed by atoms with E-state index in [1.54, 1.807) is 9.80 Å². The number of nitrogens with zero attached hydrogens (tertiary/aromatic N) is 3. The second-order valence-corrected chi connectivity index (χ2v) is 8.18. The van der Waals surface area contributed by atoms with Crippen molar-refractivity contribution in [3.63, 3.8) is 0 Å². The number of likely N-dealkylation sites (N-methyl/N-ethyl adjacent to an activating group) is 1. The van der Waals surface area contributed by atoms with E-state index < -0.39 is 5.60 Å². The van der Waals surface area contributed by atoms with Gasteiger partial charge in [-0.1, -0.05) is 6.42 Å². The Morgan fingerprint density at radius 3 is 2.17 bits per heavy atom. The highest BCUT2D eigenvalue weighted by Gasteiger charge is 2.36. The highest BCUT2D eigenvalue weighted by molar-refractivity contribution is 5.81. The zero-order valence-corrected chi connectivity index (χ0v) is 15.9. The quantitative estimate of drug-likeness (QED) is 0.775. The third kappa shape index (κ3) is 4.85. The molecule has 0 saturated carbocycles. The van der Waals surface area contributed by atoms with E-state index in [-0.39, 0.29) is 18.0 Å². The second-order valence-electron chi connectivity index (χ2n) is 8.18. The van der Waals surface area contributed by atoms with Gasteiger partial charge in [-0.15, -0.1) is 0 Å². The lowest BCUT2D eigenvalue weighted by Gasteiger charge is -2.44. The van der Waals surface area contributed by atoms with Crippen LogP contribution in [0.2, 0.25) is 0 Å². The number of amides is 2. The molecule has 2 rings (SSSR count). The molecule has 2 heterocycles. The van der Waals surface area contributed by atoms with Crippen LogP contribution >= 0.6 is 0 Å². The Balaban J connectivity index is 1.92. The van der Waals surface area contributed by atoms with Gasteiger partial charge in [0.15, 0.2) is 0 Å². The van der Waals surface area contributed by atoms with Crippen LogP contribution in [0.5, 0.6) is 0 Å². The van der Waals surface area contributed by atoms with Gasteiger partial charge in [-0.3, -0.25) is 9.69 Å². The molecule has 1 atom stereocenters. The van der Waals surface area contributed by atoms with Crippen molar-refractivity contribution < 1.29 is 14.3 Å². The maximum atomic E-state index is 12.5. The minimum atomic E-state index is -0.454. The van der Waals surface area contributed by atoms with Gasteiger partial charge in [-0.05, 0) is 53.0 Å². The number of carbonyl (C=O) groups excluding carboxylic acids is 2. The summed E-state index contributed by atoms with van der Waals surface area (Å²) < 4.78 is 5.46. The Kier molecular flexibility index (Phi) is 6.12. The van der Waals surface area contributed by atoms with Crippen molar-refractivity contribution in [1.82, 2.24) is 14.7 Å². The molecule has 2 aliphatic rings. The molecule has 2 amide bonds. The van der Waals surface area contributed by atoms with Gasteiger partial charge in [0, 0.05) is 33.2 Å². The van der Waals surface area contributed by atoms with Crippen molar-refractivity contribution >= 4 is 12.0 Å². The fraction of sp³-hybridized carbons (Fsp3) is 0.889. The fourth-order valence-electron chi connectivity index (χ4n) is 3.66. The van der Waals surface area contributed by atoms with E-state index in [4.69, 9.17) is 4.74 Å². The molecule has 2 aliphatic heterocycles. The van der Waals surface area contributed by atoms with Gasteiger partial charge in [-0.2, -0.15) is 0 Å². The summed E-state index contributed by atoms with van der Waals surface area (Å²) in [5.41, 5.74) is -0.454. The molecule has 1 unspecified atom stereocenters. The van der Waals surface area contributed by atoms with E-state index in [0.717, 1.165) is 38.6 Å². The maximum Gasteiger partial charge on any atom is 0.410 e. The average molecular weight is 339 g/mol. The van der Waals surface area contributed by atoms with Crippen LogP contribution < -0.4 is 0 Å². The van der Waals surface area contributed by atoms with Crippen LogP contribution in [0.4, 0.5) is 4.79 Å². The number of likely N-dealkylation sites (tertiary alicyclic amines) is 2. The zero-order valence-electron chi connectivity index (χ0n) is 15.9. The minimum absolute atomic E-state index is 0.00632. The molecule has 2 fully saturated rings. The molecule has 0 N–H and O–H groups in total. The first-order valence-corrected chi connectivity index (χ1v) is 9.14. The van der Waals surface area contributed by atoms with Crippen LogP contribution in [0.1, 0.15) is 52.9 Å². The van der Waals surface area contributed by atoms with Crippen molar-refractivity contribution in [3.05, 3.63) is 0 Å². The molecule has 24 heavy (non-hydrogen) atoms. The molecule has 0 radical (unpaired) electrons. The molecular weight excluding hydrogens is 306 g/mol. The van der Waals surface area contributed by atoms with Gasteiger partial charge in [-0.25, -0.2) is 4.79 Å². The Labute approximate surface area is 146 Å². The van der Waals surface area contributed by atoms with Gasteiger partial charge < -0.3 is 14.5 Å². The van der Waals surface area contributed by atoms with E-state index in [1.807, 2.05) is 34.9 Å². The van der Waals surface area contributed by atoms with Crippen LogP contribution in [-0.2, 0) is 9.53 Å². The first-order chi connectivity index (χ1) is 11.2. The van der Waals surface area contributed by atoms with Crippen molar-refractivity contribution in [2.45, 2.75) is 70.6 Å². The minimum Gasteiger partial charge on any atom is -0.444 e. The highest BCUT2D eigenvalue weighted by atomic mass is 16.6. The van der Waals surface area contributed by atoms with Gasteiger partial charge in [0.1, 0.15) is 5.60 Å². The summed E-state index contributed by atoms with van der Waals surface area (Å²) in [5, 5.41) is 0. The van der Waals surface area contributed by atoms with E-state index in [0.29, 0.717) is 19.1 Å². The zero-order chi connectivity index (χ0) is 17.9. The monoisotopic (exact) mass is 339 g/mol. The molecule has 0 aliphatic carbocycles. The summed E-state index contributed by atoms with van der Waals surface area (Å²) in [6.07, 6.45) is 4.83. The standard InChI is InChI=1S/C18H33N3O3/c1-18(2,3)24-17(23)20-12-9-14(10-13-20)21-11-7-6-8-15(21)16(22)19(4)5/h14-15H,6-13H2,1-5H3. The van der Waals surface area contributed by atoms with Gasteiger partial charge in [0.25, 0.3) is 0 Å². The SMILES string of the molecule is CN(C)C(=O)C1CCCCN1C1CCN(C(=O)OC(C)(C)C)CC1. The third-order valence-corrected chi connectivity index (χ3v) is 4.86. The largest absolute Gasteiger partial charge is 0.444 e. The van der Waals surface area contributed by atoms with E-state index in [2.05, 4.69) is 4.90 Å². The summed E-state index contributed by atoms with van der Waals surface area (Å²) >= 11 is 0. The molecule has 0 spiro atoms. The Morgan fingerprint density at radius 1 is 1.00 bits per heavy atom. The molecule has 138 valence electrons. The Bertz CT molecular complexity index is 451. The topological polar surface area (TPSA) is 53.1 Å². The first-order valence-electron chi connectivity index (χ1n) is 9.14. The molecule has 0 aromatic rings. The maximum absolute atomic E-state index is 12.5. The number of hydrogen-bond acceptors (Lipinski definition) is 4. The molecule has 0 bridgehead atoms. The predicted octanol–water partition coefficient (Wildman–Crippen LogP) is 2.33. The van der Waals surface area contributed by atoms with Crippen molar-refractivity contribution in [3.8, 4) is 0 Å². The van der Waals surface area contributed by atoms with Gasteiger partial charge in [0.05, 0.1) is 6.04 Å². The number of piperidine rings is 2. The van der Waals surface area contributed by atoms with Crippen molar-refractivity contribution in [2.75, 3.05) is 33.7 Å². The van der Waals surface area contributed by atoms with Crippen LogP contribution in [0.25, 0.3) is 0 Å². The second kappa shape index (κ2) is 7.72. The van der Waals surface area contributed by atoms with Crippen LogP contribution in [0, 0.1) is 0 Å². The fourth-order valence-corrected chi connectivity index (χ4v) is 3.66. The van der Waals surface area contributed by atoms with E-state index in [9.17, 15) is 9.59 Å². The number of hydrogen-bond donors (Lipinski definition) is 0. The molecule has 0 aromatic carbocycles. The summed E-state index contributed by atoms with van der Waals surface area (Å²) in [7, 11) is 3.67. The highest BCUT2D eigenvalue weighted by Crippen LogP contribution is 2.26. The summed E-state index contributed by atoms with van der Waals surface area (Å²) in [6, 6.07) is 0.393. The Morgan fingerprint density at radius 2 is 1.62 bits per heavy atom. The van der Waals surface area contributed by atoms with Crippen molar-refractivity contribution in [1.29, 1.82) is 0 Å². The van der Waals surface area contributed by atoms with Crippen LogP contribution in [0.15, 0.2) is 0 Å². The lowest BCUT2D eigenvalue weighted by atomic mass is 9.94. The smallest absolute Gasteiger partial charge is 0.410 e. The average Bonchev–Trinajstić information content (AvgIpc) is 2.52. The summed E-state index contributed by atoms with van der Waals surface area (Å²) in [4.78, 5) is 30.6. The number of rotatable bonds is 2. The van der Waals surface area contributed by atoms with Crippen LogP contribution in [0.3, 0.4) is 0 Å². The normalized spacial score (nSPS) is 23.9. The number of ether oxygens (including phenoxy) is 1. The van der Waals surface area contributed by atoms with Crippen molar-refractivity contribution in [2.24, 2.45) is 0 Å². The van der Waals surface area contributed by atoms with E-state index in [1.165, 1.54) is 0 Å². The lowest BCUT2D eigenvalue weighted by Crippen LogP contribution is -2.56. The number of carbonyl (C=O) groups is 2. The lowest BCUT2D eigenvalue weighted by molar-refractivity contribution is -0.137. The molecule has 6 nitrogen and oxygen atoms in total. The van der Waals surface area contributed by atoms with Gasteiger partial charge in [0.2, 0.25) is 5.91 Å². The van der Waals surface area contributed by atoms with Gasteiger partial charge >= 0.3 is 6.09 Å². The first kappa shape index (κ1) is 19.0. The molecule has 2 saturated heterocycles. The molecular formula is C18H33N3O3. The summed E-state index contributed by atoms with van der Waals surface area (Å²) in [5.74, 6) is 0.212. The van der Waals surface area contributed by atoms with E-state index >= 15 is 0 Å². The van der Waals surface area contributed by atoms with Crippen LogP contribution in [-0.4, -0.2) is 78.1 Å². The molecule has 6 heteroatoms.